The van der Waals surface area contributed by atoms with Gasteiger partial charge >= 0.3 is 0 Å². The maximum absolute atomic E-state index is 2.69. The molecule has 0 saturated carbocycles. The van der Waals surface area contributed by atoms with Gasteiger partial charge in [-0.1, -0.05) is 212 Å². The van der Waals surface area contributed by atoms with Crippen LogP contribution in [0.2, 0.25) is 0 Å². The van der Waals surface area contributed by atoms with Crippen molar-refractivity contribution in [1.82, 2.24) is 0 Å². The third-order valence-corrected chi connectivity index (χ3v) is 16.2. The molecule has 0 bridgehead atoms. The number of para-hydroxylation sites is 3. The third kappa shape index (κ3) is 5.74. The Morgan fingerprint density at radius 1 is 0.357 bits per heavy atom. The maximum Gasteiger partial charge on any atom is 0.0714 e. The van der Waals surface area contributed by atoms with E-state index in [1.165, 1.54) is 89.5 Å². The van der Waals surface area contributed by atoms with E-state index in [1.54, 1.807) is 0 Å². The molecule has 2 nitrogen and oxygen atoms in total. The topological polar surface area (TPSA) is 6.48 Å². The van der Waals surface area contributed by atoms with Crippen LogP contribution in [0.25, 0.3) is 22.3 Å². The van der Waals surface area contributed by atoms with Crippen LogP contribution in [0.4, 0.5) is 28.4 Å². The second kappa shape index (κ2) is 16.1. The van der Waals surface area contributed by atoms with Crippen LogP contribution >= 0.6 is 0 Å². The van der Waals surface area contributed by atoms with Gasteiger partial charge in [0.25, 0.3) is 0 Å². The molecule has 4 aliphatic rings. The zero-order valence-corrected chi connectivity index (χ0v) is 38.9. The Kier molecular flexibility index (Phi) is 9.32. The third-order valence-electron chi connectivity index (χ3n) is 16.2. The van der Waals surface area contributed by atoms with E-state index in [9.17, 15) is 0 Å². The van der Waals surface area contributed by atoms with Gasteiger partial charge in [-0.3, -0.25) is 0 Å². The van der Waals surface area contributed by atoms with E-state index in [1.807, 2.05) is 0 Å². The first-order valence-corrected chi connectivity index (χ1v) is 24.9. The summed E-state index contributed by atoms with van der Waals surface area (Å²) in [6.45, 7) is 0. The van der Waals surface area contributed by atoms with Crippen LogP contribution in [-0.4, -0.2) is 0 Å². The molecule has 70 heavy (non-hydrogen) atoms. The Labute approximate surface area is 411 Å². The van der Waals surface area contributed by atoms with E-state index in [2.05, 4.69) is 277 Å². The van der Waals surface area contributed by atoms with Gasteiger partial charge < -0.3 is 9.80 Å². The van der Waals surface area contributed by atoms with Crippen LogP contribution in [0, 0.1) is 5.92 Å². The second-order valence-corrected chi connectivity index (χ2v) is 19.4. The van der Waals surface area contributed by atoms with Gasteiger partial charge in [0.15, 0.2) is 0 Å². The Bertz CT molecular complexity index is 3540. The molecule has 2 heteroatoms. The Morgan fingerprint density at radius 3 is 1.50 bits per heavy atom. The molecule has 1 spiro atoms. The zero-order chi connectivity index (χ0) is 46.2. The lowest BCUT2D eigenvalue weighted by Gasteiger charge is -2.40. The van der Waals surface area contributed by atoms with E-state index in [0.29, 0.717) is 5.92 Å². The minimum atomic E-state index is -0.525. The Balaban J connectivity index is 1.02. The molecule has 0 heterocycles. The van der Waals surface area contributed by atoms with E-state index in [4.69, 9.17) is 0 Å². The number of nitrogens with zero attached hydrogens (tertiary/aromatic N) is 2. The summed E-state index contributed by atoms with van der Waals surface area (Å²) in [5.74, 6) is 0.547. The van der Waals surface area contributed by atoms with Crippen LogP contribution in [-0.2, 0) is 10.8 Å². The fourth-order valence-electron chi connectivity index (χ4n) is 13.6. The maximum atomic E-state index is 2.69. The molecule has 0 aromatic heterocycles. The first-order chi connectivity index (χ1) is 34.8. The SMILES string of the molecule is C1=C(N(c2ccccc2)c2ccccc2)CCC2c3ccccc3C3(c4ccccc4-c4c(N(c5ccccc5)c5ccc6c(c5)C(c5ccccc5)(c5ccccc5)c5ccccc5-6)cccc43)C12. The van der Waals surface area contributed by atoms with Gasteiger partial charge in [-0.05, 0) is 135 Å². The summed E-state index contributed by atoms with van der Waals surface area (Å²) in [4.78, 5) is 5.06. The van der Waals surface area contributed by atoms with E-state index in [-0.39, 0.29) is 5.92 Å². The van der Waals surface area contributed by atoms with Gasteiger partial charge in [0.1, 0.15) is 0 Å². The molecule has 10 aromatic carbocycles. The summed E-state index contributed by atoms with van der Waals surface area (Å²) < 4.78 is 0. The summed E-state index contributed by atoms with van der Waals surface area (Å²) in [7, 11) is 0. The van der Waals surface area contributed by atoms with Gasteiger partial charge in [0.2, 0.25) is 0 Å². The zero-order valence-electron chi connectivity index (χ0n) is 38.9. The standard InChI is InChI=1S/C68H50N2/c1-6-23-47(24-7-1)67(48-25-8-2-9-26-48)59-36-19-16-33-54(59)56-44-42-53(46-63(56)67)70(51-31-14-5-15-32-51)65-40-22-39-62-66(65)58-35-18-21-38-61(58)68(62)60-37-20-17-34-55(60)57-43-41-52(45-64(57)68)69(49-27-10-3-11-28-49)50-29-12-4-13-30-50/h1-40,42,44-46,57,64H,41,43H2. The number of anilines is 5. The molecule has 3 atom stereocenters. The number of allylic oxidation sites excluding steroid dienone is 2. The fraction of sp³-hybridized carbons (Fsp3) is 0.0882. The lowest BCUT2D eigenvalue weighted by Crippen LogP contribution is -2.35. The predicted molar refractivity (Wildman–Crippen MR) is 289 cm³/mol. The highest BCUT2D eigenvalue weighted by Gasteiger charge is 2.59. The average molecular weight is 895 g/mol. The van der Waals surface area contributed by atoms with Crippen molar-refractivity contribution >= 4 is 28.4 Å². The summed E-state index contributed by atoms with van der Waals surface area (Å²) in [5, 5.41) is 0. The van der Waals surface area contributed by atoms with Crippen LogP contribution in [0.15, 0.2) is 273 Å². The lowest BCUT2D eigenvalue weighted by atomic mass is 9.64. The van der Waals surface area contributed by atoms with Crippen LogP contribution in [0.5, 0.6) is 0 Å². The number of hydrogen-bond acceptors (Lipinski definition) is 2. The van der Waals surface area contributed by atoms with Crippen molar-refractivity contribution < 1.29 is 0 Å². The number of hydrogen-bond donors (Lipinski definition) is 0. The largest absolute Gasteiger partial charge is 0.315 e. The van der Waals surface area contributed by atoms with E-state index < -0.39 is 10.8 Å². The van der Waals surface area contributed by atoms with E-state index >= 15 is 0 Å². The molecule has 0 radical (unpaired) electrons. The monoisotopic (exact) mass is 894 g/mol. The quantitative estimate of drug-likeness (QED) is 0.150. The minimum Gasteiger partial charge on any atom is -0.315 e. The number of rotatable bonds is 8. The Hall–Kier alpha value is -8.46. The van der Waals surface area contributed by atoms with Crippen molar-refractivity contribution in [1.29, 1.82) is 0 Å². The minimum absolute atomic E-state index is 0.183. The molecule has 3 unspecified atom stereocenters. The summed E-state index contributed by atoms with van der Waals surface area (Å²) in [5.41, 5.74) is 22.3. The highest BCUT2D eigenvalue weighted by Crippen LogP contribution is 2.68. The van der Waals surface area contributed by atoms with Crippen LogP contribution < -0.4 is 9.80 Å². The van der Waals surface area contributed by atoms with Gasteiger partial charge in [-0.15, -0.1) is 0 Å². The van der Waals surface area contributed by atoms with Crippen molar-refractivity contribution in [3.05, 3.63) is 317 Å². The molecule has 0 fully saturated rings. The molecule has 0 N–H and O–H groups in total. The average Bonchev–Trinajstić information content (AvgIpc) is 4.03. The molecule has 0 aliphatic heterocycles. The predicted octanol–water partition coefficient (Wildman–Crippen LogP) is 17.1. The highest BCUT2D eigenvalue weighted by molar-refractivity contribution is 5.98. The van der Waals surface area contributed by atoms with Gasteiger partial charge in [0.05, 0.1) is 16.5 Å². The molecule has 14 rings (SSSR count). The van der Waals surface area contributed by atoms with Crippen molar-refractivity contribution in [2.75, 3.05) is 9.80 Å². The number of benzene rings is 10. The first-order valence-electron chi connectivity index (χ1n) is 24.9. The molecule has 332 valence electrons. The second-order valence-electron chi connectivity index (χ2n) is 19.4. The van der Waals surface area contributed by atoms with Crippen molar-refractivity contribution in [3.8, 4) is 22.3 Å². The summed E-state index contributed by atoms with van der Waals surface area (Å²) in [6.07, 6.45) is 4.74. The highest BCUT2D eigenvalue weighted by atomic mass is 15.2. The van der Waals surface area contributed by atoms with Gasteiger partial charge in [-0.25, -0.2) is 0 Å². The molecular weight excluding hydrogens is 845 g/mol. The van der Waals surface area contributed by atoms with Crippen LogP contribution in [0.1, 0.15) is 63.3 Å². The molecule has 4 aliphatic carbocycles. The number of fused-ring (bicyclic) bond motifs is 13. The molecule has 0 amide bonds. The van der Waals surface area contributed by atoms with Crippen molar-refractivity contribution in [2.24, 2.45) is 5.92 Å². The lowest BCUT2D eigenvalue weighted by molar-refractivity contribution is 0.390. The molecule has 10 aromatic rings. The van der Waals surface area contributed by atoms with E-state index in [0.717, 1.165) is 24.2 Å². The van der Waals surface area contributed by atoms with Gasteiger partial charge in [0, 0.05) is 39.9 Å². The Morgan fingerprint density at radius 2 is 0.857 bits per heavy atom. The fourth-order valence-corrected chi connectivity index (χ4v) is 13.6. The summed E-state index contributed by atoms with van der Waals surface area (Å²) >= 11 is 0. The normalized spacial score (nSPS) is 18.4. The molecular formula is C68H50N2. The first kappa shape index (κ1) is 40.6. The van der Waals surface area contributed by atoms with Crippen LogP contribution in [0.3, 0.4) is 0 Å². The van der Waals surface area contributed by atoms with Crippen molar-refractivity contribution in [3.63, 3.8) is 0 Å². The van der Waals surface area contributed by atoms with Crippen molar-refractivity contribution in [2.45, 2.75) is 29.6 Å². The smallest absolute Gasteiger partial charge is 0.0714 e. The summed E-state index contributed by atoms with van der Waals surface area (Å²) in [6, 6.07) is 97.6. The van der Waals surface area contributed by atoms with Gasteiger partial charge in [-0.2, -0.15) is 0 Å². The molecule has 0 saturated heterocycles.